The van der Waals surface area contributed by atoms with Gasteiger partial charge in [0.05, 0.1) is 5.56 Å². The van der Waals surface area contributed by atoms with Gasteiger partial charge < -0.3 is 10.6 Å². The molecule has 0 bridgehead atoms. The summed E-state index contributed by atoms with van der Waals surface area (Å²) in [6.07, 6.45) is 6.20. The van der Waals surface area contributed by atoms with Crippen molar-refractivity contribution in [1.82, 2.24) is 9.97 Å². The van der Waals surface area contributed by atoms with Gasteiger partial charge in [-0.25, -0.2) is 0 Å². The van der Waals surface area contributed by atoms with Crippen LogP contribution in [0, 0.1) is 0 Å². The summed E-state index contributed by atoms with van der Waals surface area (Å²) in [7, 11) is 0. The van der Waals surface area contributed by atoms with Gasteiger partial charge >= 0.3 is 0 Å². The molecule has 0 saturated heterocycles. The standard InChI is InChI=1S/C18H14N4O2/c23-17(13-6-9-19-10-7-13)21-15-4-1-5-16(11-15)22-18(24)14-3-2-8-20-12-14/h1-12H,(H,21,23)(H,22,24). The van der Waals surface area contributed by atoms with Crippen molar-refractivity contribution in [2.45, 2.75) is 0 Å². The van der Waals surface area contributed by atoms with Gasteiger partial charge in [0.25, 0.3) is 11.8 Å². The molecule has 24 heavy (non-hydrogen) atoms. The van der Waals surface area contributed by atoms with Crippen LogP contribution in [0.4, 0.5) is 11.4 Å². The first kappa shape index (κ1) is 15.4. The van der Waals surface area contributed by atoms with E-state index in [2.05, 4.69) is 20.6 Å². The molecule has 0 fully saturated rings. The van der Waals surface area contributed by atoms with Gasteiger partial charge in [0, 0.05) is 41.7 Å². The number of pyridine rings is 2. The summed E-state index contributed by atoms with van der Waals surface area (Å²) >= 11 is 0. The lowest BCUT2D eigenvalue weighted by atomic mass is 10.2. The molecule has 0 unspecified atom stereocenters. The predicted molar refractivity (Wildman–Crippen MR) is 90.8 cm³/mol. The van der Waals surface area contributed by atoms with Crippen molar-refractivity contribution in [3.63, 3.8) is 0 Å². The Morgan fingerprint density at radius 3 is 2.00 bits per heavy atom. The zero-order valence-electron chi connectivity index (χ0n) is 12.6. The lowest BCUT2D eigenvalue weighted by molar-refractivity contribution is 0.101. The Morgan fingerprint density at radius 2 is 1.38 bits per heavy atom. The van der Waals surface area contributed by atoms with Crippen molar-refractivity contribution in [2.75, 3.05) is 10.6 Å². The van der Waals surface area contributed by atoms with Crippen LogP contribution >= 0.6 is 0 Å². The van der Waals surface area contributed by atoms with Gasteiger partial charge in [-0.2, -0.15) is 0 Å². The number of nitrogens with one attached hydrogen (secondary N) is 2. The van der Waals surface area contributed by atoms with Gasteiger partial charge in [0.15, 0.2) is 0 Å². The zero-order chi connectivity index (χ0) is 16.8. The molecule has 0 radical (unpaired) electrons. The average Bonchev–Trinajstić information content (AvgIpc) is 2.63. The van der Waals surface area contributed by atoms with Crippen molar-refractivity contribution in [1.29, 1.82) is 0 Å². The quantitative estimate of drug-likeness (QED) is 0.774. The van der Waals surface area contributed by atoms with Crippen molar-refractivity contribution in [3.05, 3.63) is 84.4 Å². The lowest BCUT2D eigenvalue weighted by Gasteiger charge is -2.09. The summed E-state index contributed by atoms with van der Waals surface area (Å²) in [5, 5.41) is 5.55. The van der Waals surface area contributed by atoms with Crippen molar-refractivity contribution < 1.29 is 9.59 Å². The molecule has 0 saturated carbocycles. The third kappa shape index (κ3) is 3.80. The van der Waals surface area contributed by atoms with Crippen LogP contribution in [0.3, 0.4) is 0 Å². The smallest absolute Gasteiger partial charge is 0.257 e. The van der Waals surface area contributed by atoms with E-state index in [-0.39, 0.29) is 11.8 Å². The molecule has 6 nitrogen and oxygen atoms in total. The number of hydrogen-bond acceptors (Lipinski definition) is 4. The predicted octanol–water partition coefficient (Wildman–Crippen LogP) is 2.98. The highest BCUT2D eigenvalue weighted by Crippen LogP contribution is 2.17. The Bertz CT molecular complexity index is 782. The molecule has 3 rings (SSSR count). The second-order valence-electron chi connectivity index (χ2n) is 4.97. The van der Waals surface area contributed by atoms with E-state index in [1.807, 2.05) is 0 Å². The average molecular weight is 318 g/mol. The normalized spacial score (nSPS) is 10.0. The first-order valence-electron chi connectivity index (χ1n) is 7.25. The van der Waals surface area contributed by atoms with Crippen molar-refractivity contribution in [3.8, 4) is 0 Å². The number of benzene rings is 1. The maximum Gasteiger partial charge on any atom is 0.257 e. The summed E-state index contributed by atoms with van der Waals surface area (Å²) in [6, 6.07) is 13.6. The number of carbonyl (C=O) groups is 2. The van der Waals surface area contributed by atoms with Crippen LogP contribution in [0.1, 0.15) is 20.7 Å². The second-order valence-corrected chi connectivity index (χ2v) is 4.97. The molecule has 6 heteroatoms. The molecule has 118 valence electrons. The van der Waals surface area contributed by atoms with Crippen LogP contribution in [-0.4, -0.2) is 21.8 Å². The number of rotatable bonds is 4. The Labute approximate surface area is 138 Å². The Hall–Kier alpha value is -3.54. The summed E-state index contributed by atoms with van der Waals surface area (Å²) in [5.74, 6) is -0.506. The fourth-order valence-electron chi connectivity index (χ4n) is 2.08. The summed E-state index contributed by atoms with van der Waals surface area (Å²) < 4.78 is 0. The number of anilines is 2. The van der Waals surface area contributed by atoms with Crippen LogP contribution in [0.2, 0.25) is 0 Å². The molecular formula is C18H14N4O2. The molecule has 2 amide bonds. The molecule has 3 aromatic rings. The fourth-order valence-corrected chi connectivity index (χ4v) is 2.08. The molecule has 0 aliphatic carbocycles. The summed E-state index contributed by atoms with van der Waals surface area (Å²) in [5.41, 5.74) is 2.13. The van der Waals surface area contributed by atoms with E-state index >= 15 is 0 Å². The first-order valence-corrected chi connectivity index (χ1v) is 7.25. The molecular weight excluding hydrogens is 304 g/mol. The van der Waals surface area contributed by atoms with Crippen LogP contribution in [0.15, 0.2) is 73.3 Å². The maximum absolute atomic E-state index is 12.1. The zero-order valence-corrected chi connectivity index (χ0v) is 12.6. The van der Waals surface area contributed by atoms with Crippen molar-refractivity contribution in [2.24, 2.45) is 0 Å². The van der Waals surface area contributed by atoms with E-state index < -0.39 is 0 Å². The SMILES string of the molecule is O=C(Nc1cccc(NC(=O)c2cccnc2)c1)c1ccncc1. The number of carbonyl (C=O) groups excluding carboxylic acids is 2. The highest BCUT2D eigenvalue weighted by molar-refractivity contribution is 6.06. The van der Waals surface area contributed by atoms with Crippen LogP contribution in [-0.2, 0) is 0 Å². The van der Waals surface area contributed by atoms with Crippen LogP contribution in [0.25, 0.3) is 0 Å². The van der Waals surface area contributed by atoms with Gasteiger partial charge in [-0.05, 0) is 42.5 Å². The summed E-state index contributed by atoms with van der Waals surface area (Å²) in [6.45, 7) is 0. The molecule has 2 aromatic heterocycles. The monoisotopic (exact) mass is 318 g/mol. The second kappa shape index (κ2) is 7.15. The van der Waals surface area contributed by atoms with Gasteiger partial charge in [0.2, 0.25) is 0 Å². The topological polar surface area (TPSA) is 84.0 Å². The van der Waals surface area contributed by atoms with E-state index in [1.54, 1.807) is 67.1 Å². The molecule has 0 spiro atoms. The van der Waals surface area contributed by atoms with E-state index in [0.717, 1.165) is 0 Å². The molecule has 0 aliphatic heterocycles. The number of nitrogens with zero attached hydrogens (tertiary/aromatic N) is 2. The van der Waals surface area contributed by atoms with Gasteiger partial charge in [-0.15, -0.1) is 0 Å². The molecule has 1 aromatic carbocycles. The van der Waals surface area contributed by atoms with Gasteiger partial charge in [-0.1, -0.05) is 6.07 Å². The van der Waals surface area contributed by atoms with Gasteiger partial charge in [0.1, 0.15) is 0 Å². The Balaban J connectivity index is 1.70. The largest absolute Gasteiger partial charge is 0.322 e. The highest BCUT2D eigenvalue weighted by atomic mass is 16.2. The van der Waals surface area contributed by atoms with E-state index in [0.29, 0.717) is 22.5 Å². The molecule has 0 aliphatic rings. The lowest BCUT2D eigenvalue weighted by Crippen LogP contribution is -2.14. The molecule has 2 N–H and O–H groups in total. The molecule has 0 atom stereocenters. The van der Waals surface area contributed by atoms with Crippen LogP contribution < -0.4 is 10.6 Å². The maximum atomic E-state index is 12.1. The fraction of sp³-hybridized carbons (Fsp3) is 0. The number of aromatic nitrogens is 2. The highest BCUT2D eigenvalue weighted by Gasteiger charge is 2.08. The molecule has 2 heterocycles. The first-order chi connectivity index (χ1) is 11.7. The van der Waals surface area contributed by atoms with Gasteiger partial charge in [-0.3, -0.25) is 19.6 Å². The summed E-state index contributed by atoms with van der Waals surface area (Å²) in [4.78, 5) is 32.1. The van der Waals surface area contributed by atoms with E-state index in [9.17, 15) is 9.59 Å². The third-order valence-electron chi connectivity index (χ3n) is 3.24. The number of hydrogen-bond donors (Lipinski definition) is 2. The Morgan fingerprint density at radius 1 is 0.708 bits per heavy atom. The van der Waals surface area contributed by atoms with E-state index in [4.69, 9.17) is 0 Å². The van der Waals surface area contributed by atoms with Crippen molar-refractivity contribution >= 4 is 23.2 Å². The Kier molecular flexibility index (Phi) is 4.57. The van der Waals surface area contributed by atoms with E-state index in [1.165, 1.54) is 6.20 Å². The number of amides is 2. The third-order valence-corrected chi connectivity index (χ3v) is 3.24. The van der Waals surface area contributed by atoms with Crippen LogP contribution in [0.5, 0.6) is 0 Å². The minimum atomic E-state index is -0.263. The minimum absolute atomic E-state index is 0.242. The minimum Gasteiger partial charge on any atom is -0.322 e.